The smallest absolute Gasteiger partial charge is 0.0406 e. The van der Waals surface area contributed by atoms with Crippen LogP contribution in [0.25, 0.3) is 120 Å². The minimum absolute atomic E-state index is 0.169. The third-order valence-corrected chi connectivity index (χ3v) is 33.7. The van der Waals surface area contributed by atoms with Gasteiger partial charge < -0.3 is 0 Å². The molecule has 0 fully saturated rings. The summed E-state index contributed by atoms with van der Waals surface area (Å²) in [5.74, 6) is 46.6. The number of benzene rings is 18. The fraction of sp³-hybridized carbons (Fsp3) is 0.302. The van der Waals surface area contributed by atoms with E-state index in [0.717, 1.165) is 161 Å². The lowest BCUT2D eigenvalue weighted by molar-refractivity contribution is 0.399. The molecule has 3 aliphatic rings. The molecule has 18 aromatic carbocycles. The van der Waals surface area contributed by atoms with Gasteiger partial charge in [-0.3, -0.25) is 0 Å². The summed E-state index contributed by atoms with van der Waals surface area (Å²) in [5, 5.41) is 18.7. The Balaban J connectivity index is 0.614. The van der Waals surface area contributed by atoms with Gasteiger partial charge >= 0.3 is 0 Å². The van der Waals surface area contributed by atoms with Crippen molar-refractivity contribution in [3.63, 3.8) is 0 Å². The molecule has 0 amide bonds. The van der Waals surface area contributed by atoms with Crippen molar-refractivity contribution in [3.05, 3.63) is 416 Å². The molecule has 18 aromatic rings. The summed E-state index contributed by atoms with van der Waals surface area (Å²) in [5.41, 5.74) is 28.9. The molecule has 0 heteroatoms. The second-order valence-corrected chi connectivity index (χ2v) is 43.4. The van der Waals surface area contributed by atoms with Crippen molar-refractivity contribution >= 4 is 86.2 Å². The first-order valence-electron chi connectivity index (χ1n) is 57.3. The molecular weight excluding hydrogens is 1790 g/mol. The summed E-state index contributed by atoms with van der Waals surface area (Å²) >= 11 is 0. The molecule has 21 rings (SSSR count). The minimum Gasteiger partial charge on any atom is -0.0654 e. The molecule has 0 bridgehead atoms. The zero-order chi connectivity index (χ0) is 101. The van der Waals surface area contributed by atoms with Crippen LogP contribution in [-0.2, 0) is 16.2 Å². The van der Waals surface area contributed by atoms with Crippen LogP contribution in [0.4, 0.5) is 0 Å². The summed E-state index contributed by atoms with van der Waals surface area (Å²) in [6.07, 6.45) is 43.5. The average molecular weight is 1930 g/mol. The maximum Gasteiger partial charge on any atom is 0.0406 e. The Labute approximate surface area is 888 Å². The van der Waals surface area contributed by atoms with Crippen molar-refractivity contribution in [1.29, 1.82) is 0 Å². The van der Waals surface area contributed by atoms with Gasteiger partial charge in [0.25, 0.3) is 0 Å². The molecule has 0 nitrogen and oxygen atoms in total. The van der Waals surface area contributed by atoms with Crippen molar-refractivity contribution in [2.24, 2.45) is 0 Å². The molecule has 0 saturated carbocycles. The molecule has 0 N–H and O–H groups in total. The first kappa shape index (κ1) is 100. The SMILES string of the molecule is CCCCCCCC1(CCCCCCC)c2cc(C#Cc3c4ccccc4cc4ccccc34)ccc2-c2ccc(C#Cc3c4ccccc4c(C#Cc4ccc5c(c4)C(CCCCCCC)(CCCCCCC)c4cc(C#Cc6c7ccccc7c(C#Cc7ccc8c(c7)C(CCCCCCC)(CCCCCCC)c7cc(C#Cc9c%10ccccc%10cc%10ccccc9%10)ccc7-8)c7ccccc67)ccc4-5)c4ccccc34)cc21. The van der Waals surface area contributed by atoms with Crippen LogP contribution in [0.5, 0.6) is 0 Å². The standard InChI is InChI=1S/C149H142/c1-7-13-19-25-47-93-147(94-48-26-20-14-8-2)141-99-107(69-81-129-117-57-35-31-53-113(117)105-114-54-32-36-58-118(114)129)75-87-135(141)137-89-77-109(101-143(137)147)71-83-131-121-61-39-43-65-125(121)133(126-66-44-40-62-122(126)131)85-73-111-79-91-139-140-92-80-112(104-146(140)149(145(139)103-111,97-51-29-23-17-11-5)98-52-30-24-18-12-6)74-86-134-127-67-45-41-63-123(127)132(124-64-42-46-68-128(124)134)84-72-110-78-90-138-136-88-76-108(70-82-130-119-59-37-33-55-115(119)106-116-56-34-38-60-120(116)130)100-142(136)148(144(138)102-110,95-49-27-21-15-9-3)96-50-28-22-16-10-4/h31-46,53-68,75-80,87-92,99-106H,7-30,47-52,93-98H2,1-6H3. The van der Waals surface area contributed by atoms with E-state index in [9.17, 15) is 0 Å². The van der Waals surface area contributed by atoms with Crippen molar-refractivity contribution in [1.82, 2.24) is 0 Å². The van der Waals surface area contributed by atoms with E-state index in [1.807, 2.05) is 0 Å². The largest absolute Gasteiger partial charge is 0.0654 e. The zero-order valence-electron chi connectivity index (χ0n) is 89.0. The number of fused-ring (bicyclic) bond motifs is 17. The molecule has 0 saturated heterocycles. The first-order valence-corrected chi connectivity index (χ1v) is 57.3. The molecule has 0 heterocycles. The average Bonchev–Trinajstić information content (AvgIpc) is 1.55. The highest BCUT2D eigenvalue weighted by molar-refractivity contribution is 6.12. The van der Waals surface area contributed by atoms with Gasteiger partial charge in [-0.2, -0.15) is 0 Å². The molecule has 149 heavy (non-hydrogen) atoms. The van der Waals surface area contributed by atoms with Crippen LogP contribution in [-0.4, -0.2) is 0 Å². The summed E-state index contributed by atoms with van der Waals surface area (Å²) in [6, 6.07) is 119. The highest BCUT2D eigenvalue weighted by Crippen LogP contribution is 2.59. The van der Waals surface area contributed by atoms with Gasteiger partial charge in [-0.15, -0.1) is 0 Å². The minimum atomic E-state index is -0.223. The van der Waals surface area contributed by atoms with Crippen LogP contribution in [0.1, 0.15) is 373 Å². The molecule has 3 aliphatic carbocycles. The van der Waals surface area contributed by atoms with Crippen LogP contribution in [0.15, 0.2) is 315 Å². The summed E-state index contributed by atoms with van der Waals surface area (Å²) in [6.45, 7) is 14.0. The topological polar surface area (TPSA) is 0 Å². The molecule has 0 atom stereocenters. The van der Waals surface area contributed by atoms with Gasteiger partial charge in [0.05, 0.1) is 0 Å². The Kier molecular flexibility index (Phi) is 31.5. The second-order valence-electron chi connectivity index (χ2n) is 43.4. The molecule has 0 aromatic heterocycles. The van der Waals surface area contributed by atoms with Gasteiger partial charge in [-0.25, -0.2) is 0 Å². The third kappa shape index (κ3) is 20.7. The van der Waals surface area contributed by atoms with Crippen LogP contribution in [0.3, 0.4) is 0 Å². The highest BCUT2D eigenvalue weighted by Gasteiger charge is 2.46. The van der Waals surface area contributed by atoms with E-state index >= 15 is 0 Å². The monoisotopic (exact) mass is 1930 g/mol. The number of unbranched alkanes of at least 4 members (excludes halogenated alkanes) is 24. The Hall–Kier alpha value is -14.6. The normalized spacial score (nSPS) is 12.9. The van der Waals surface area contributed by atoms with Crippen LogP contribution < -0.4 is 0 Å². The molecule has 0 radical (unpaired) electrons. The van der Waals surface area contributed by atoms with Crippen molar-refractivity contribution < 1.29 is 0 Å². The van der Waals surface area contributed by atoms with E-state index in [0.29, 0.717) is 0 Å². The van der Waals surface area contributed by atoms with E-state index in [4.69, 9.17) is 0 Å². The van der Waals surface area contributed by atoms with Crippen molar-refractivity contribution in [2.45, 2.75) is 289 Å². The third-order valence-electron chi connectivity index (χ3n) is 33.7. The fourth-order valence-electron chi connectivity index (χ4n) is 26.0. The van der Waals surface area contributed by atoms with Crippen LogP contribution in [0.2, 0.25) is 0 Å². The Morgan fingerprint density at radius 3 is 0.456 bits per heavy atom. The fourth-order valence-corrected chi connectivity index (χ4v) is 26.0. The van der Waals surface area contributed by atoms with Gasteiger partial charge in [0.15, 0.2) is 0 Å². The molecule has 738 valence electrons. The van der Waals surface area contributed by atoms with E-state index in [1.165, 1.54) is 290 Å². The van der Waals surface area contributed by atoms with Crippen LogP contribution in [0, 0.1) is 71.0 Å². The first-order chi connectivity index (χ1) is 73.6. The molecule has 0 aliphatic heterocycles. The van der Waals surface area contributed by atoms with E-state index < -0.39 is 0 Å². The summed E-state index contributed by atoms with van der Waals surface area (Å²) in [4.78, 5) is 0. The number of rotatable bonds is 36. The molecule has 0 spiro atoms. The predicted octanol–water partition coefficient (Wildman–Crippen LogP) is 40.3. The molecular formula is C149H142. The van der Waals surface area contributed by atoms with Gasteiger partial charge in [-0.05, 0) is 276 Å². The lowest BCUT2D eigenvalue weighted by Crippen LogP contribution is -2.26. The van der Waals surface area contributed by atoms with Crippen molar-refractivity contribution in [2.75, 3.05) is 0 Å². The summed E-state index contributed by atoms with van der Waals surface area (Å²) in [7, 11) is 0. The predicted molar refractivity (Wildman–Crippen MR) is 640 cm³/mol. The lowest BCUT2D eigenvalue weighted by atomic mass is 9.70. The van der Waals surface area contributed by atoms with E-state index in [1.54, 1.807) is 0 Å². The zero-order valence-corrected chi connectivity index (χ0v) is 89.0. The Bertz CT molecular complexity index is 7680. The van der Waals surface area contributed by atoms with Gasteiger partial charge in [-0.1, -0.05) is 536 Å². The number of hydrogen-bond donors (Lipinski definition) is 0. The Morgan fingerprint density at radius 1 is 0.141 bits per heavy atom. The van der Waals surface area contributed by atoms with E-state index in [2.05, 4.69) is 428 Å². The maximum atomic E-state index is 3.95. The molecule has 0 unspecified atom stereocenters. The van der Waals surface area contributed by atoms with Crippen LogP contribution >= 0.6 is 0 Å². The van der Waals surface area contributed by atoms with Gasteiger partial charge in [0, 0.05) is 83.0 Å². The van der Waals surface area contributed by atoms with E-state index in [-0.39, 0.29) is 16.2 Å². The summed E-state index contributed by atoms with van der Waals surface area (Å²) < 4.78 is 0. The lowest BCUT2D eigenvalue weighted by Gasteiger charge is -2.33. The van der Waals surface area contributed by atoms with Gasteiger partial charge in [0.2, 0.25) is 0 Å². The number of hydrogen-bond acceptors (Lipinski definition) is 0. The van der Waals surface area contributed by atoms with Gasteiger partial charge in [0.1, 0.15) is 0 Å². The highest BCUT2D eigenvalue weighted by atomic mass is 14.5. The van der Waals surface area contributed by atoms with Crippen molar-refractivity contribution in [3.8, 4) is 104 Å². The quantitative estimate of drug-likeness (QED) is 0.0209. The maximum absolute atomic E-state index is 3.95. The Morgan fingerprint density at radius 2 is 0.289 bits per heavy atom. The second kappa shape index (κ2) is 46.9.